The summed E-state index contributed by atoms with van der Waals surface area (Å²) in [6, 6.07) is 13.3. The Hall–Kier alpha value is -4.95. The Kier molecular flexibility index (Phi) is 5.37. The first-order chi connectivity index (χ1) is 18.9. The first kappa shape index (κ1) is 22.3. The summed E-state index contributed by atoms with van der Waals surface area (Å²) in [5, 5.41) is 19.4. The van der Waals surface area contributed by atoms with E-state index in [1.54, 1.807) is 48.4 Å². The lowest BCUT2D eigenvalue weighted by atomic mass is 9.82. The van der Waals surface area contributed by atoms with Crippen LogP contribution in [0.4, 0.5) is 5.95 Å². The number of thiophene rings is 1. The molecule has 0 spiro atoms. The van der Waals surface area contributed by atoms with Crippen LogP contribution < -0.4 is 4.90 Å². The summed E-state index contributed by atoms with van der Waals surface area (Å²) >= 11 is 2.91. The molecule has 0 aliphatic carbocycles. The Morgan fingerprint density at radius 1 is 0.868 bits per heavy atom. The molecule has 0 saturated carbocycles. The molecule has 6 aromatic rings. The van der Waals surface area contributed by atoms with Crippen LogP contribution in [0.5, 0.6) is 0 Å². The maximum absolute atomic E-state index is 5.26. The van der Waals surface area contributed by atoms with Crippen LogP contribution in [0.25, 0.3) is 11.4 Å². The average molecular weight is 537 g/mol. The number of pyridine rings is 1. The van der Waals surface area contributed by atoms with Crippen molar-refractivity contribution in [2.24, 2.45) is 4.99 Å². The molecule has 2 N–H and O–H groups in total. The zero-order valence-electron chi connectivity index (χ0n) is 19.4. The predicted molar refractivity (Wildman–Crippen MR) is 142 cm³/mol. The summed E-state index contributed by atoms with van der Waals surface area (Å²) in [5.41, 5.74) is 1.75. The highest BCUT2D eigenvalue weighted by atomic mass is 32.1. The molecule has 1 atom stereocenters. The van der Waals surface area contributed by atoms with Crippen molar-refractivity contribution in [3.8, 4) is 0 Å². The van der Waals surface area contributed by atoms with Crippen LogP contribution in [0.15, 0.2) is 89.2 Å². The van der Waals surface area contributed by atoms with Crippen molar-refractivity contribution in [1.82, 2.24) is 49.9 Å². The molecule has 184 valence electrons. The fraction of sp³-hybridized carbons (Fsp3) is 0.0417. The third-order valence-corrected chi connectivity index (χ3v) is 7.40. The van der Waals surface area contributed by atoms with E-state index in [1.165, 1.54) is 11.5 Å². The molecule has 0 fully saturated rings. The highest BCUT2D eigenvalue weighted by Gasteiger charge is 2.57. The minimum absolute atomic E-state index is 0.296. The third-order valence-electron chi connectivity index (χ3n) is 5.96. The molecule has 0 radical (unpaired) electrons. The second-order valence-corrected chi connectivity index (χ2v) is 9.62. The Bertz CT molecular complexity index is 1700. The number of nitrogens with zero attached hydrogens (tertiary/aromatic N) is 10. The van der Waals surface area contributed by atoms with Gasteiger partial charge < -0.3 is 4.98 Å². The van der Waals surface area contributed by atoms with Gasteiger partial charge >= 0.3 is 0 Å². The van der Waals surface area contributed by atoms with Gasteiger partial charge in [0.1, 0.15) is 17.1 Å². The quantitative estimate of drug-likeness (QED) is 0.326. The number of rotatable bonds is 6. The molecular formula is C24H16N12S2. The molecule has 1 unspecified atom stereocenters. The average Bonchev–Trinajstić information content (AvgIpc) is 3.80. The van der Waals surface area contributed by atoms with Gasteiger partial charge in [-0.3, -0.25) is 9.88 Å². The van der Waals surface area contributed by atoms with Crippen LogP contribution in [0, 0.1) is 0 Å². The lowest BCUT2D eigenvalue weighted by Crippen LogP contribution is -2.56. The summed E-state index contributed by atoms with van der Waals surface area (Å²) in [5.74, 6) is 1.18. The zero-order valence-corrected chi connectivity index (χ0v) is 21.0. The van der Waals surface area contributed by atoms with E-state index < -0.39 is 5.54 Å². The molecular weight excluding hydrogens is 520 g/mol. The minimum Gasteiger partial charge on any atom is -0.344 e. The van der Waals surface area contributed by atoms with E-state index in [0.717, 1.165) is 10.6 Å². The molecule has 0 bridgehead atoms. The number of aromatic amines is 2. The van der Waals surface area contributed by atoms with Crippen molar-refractivity contribution >= 4 is 45.9 Å². The number of H-pyrrole nitrogens is 2. The lowest BCUT2D eigenvalue weighted by Gasteiger charge is -2.44. The van der Waals surface area contributed by atoms with Gasteiger partial charge in [0.15, 0.2) is 11.4 Å². The predicted octanol–water partition coefficient (Wildman–Crippen LogP) is 3.40. The van der Waals surface area contributed by atoms with E-state index >= 15 is 0 Å². The smallest absolute Gasteiger partial charge is 0.231 e. The maximum atomic E-state index is 5.26. The highest BCUT2D eigenvalue weighted by Crippen LogP contribution is 2.49. The van der Waals surface area contributed by atoms with Gasteiger partial charge in [-0.2, -0.15) is 9.59 Å². The first-order valence-corrected chi connectivity index (χ1v) is 13.1. The number of nitrogens with one attached hydrogen (secondary N) is 2. The molecule has 0 saturated heterocycles. The van der Waals surface area contributed by atoms with Gasteiger partial charge in [-0.15, -0.1) is 21.5 Å². The Morgan fingerprint density at radius 2 is 1.79 bits per heavy atom. The van der Waals surface area contributed by atoms with Crippen LogP contribution in [0.2, 0.25) is 0 Å². The first-order valence-electron chi connectivity index (χ1n) is 11.4. The Balaban J connectivity index is 1.69. The number of aromatic nitrogens is 10. The summed E-state index contributed by atoms with van der Waals surface area (Å²) in [7, 11) is 0. The van der Waals surface area contributed by atoms with E-state index in [9.17, 15) is 0 Å². The summed E-state index contributed by atoms with van der Waals surface area (Å²) in [6.07, 6.45) is 8.50. The van der Waals surface area contributed by atoms with Crippen molar-refractivity contribution in [2.45, 2.75) is 5.54 Å². The molecule has 1 aliphatic rings. The molecule has 0 amide bonds. The number of hydrogen-bond acceptors (Lipinski definition) is 12. The van der Waals surface area contributed by atoms with Crippen molar-refractivity contribution in [3.05, 3.63) is 112 Å². The van der Waals surface area contributed by atoms with Gasteiger partial charge in [-0.05, 0) is 47.2 Å². The minimum atomic E-state index is -1.37. The number of imidazole rings is 1. The van der Waals surface area contributed by atoms with Crippen LogP contribution in [0.1, 0.15) is 27.9 Å². The topological polar surface area (TPSA) is 150 Å². The van der Waals surface area contributed by atoms with E-state index in [0.29, 0.717) is 40.4 Å². The standard InChI is InChI=1S/C24H16N12S2/c1-2-8-25-17(6-1)24(22-31-34-35-32-22)20(21-26-11-12-27-21)30-18(15-7-14-38-33-15)19(16-5-3-13-37-16)36(24)23-28-9-4-10-29-23/h1-14H,(H,26,27)(H,31,32,34,35). The SMILES string of the molecule is c1ccc(C2(c3nn[nH]n3)C(c3ncc[nH]3)=NC(c3ccsn3)=C(c3cccs3)N2c2ncccn2)nc1. The van der Waals surface area contributed by atoms with E-state index in [-0.39, 0.29) is 0 Å². The van der Waals surface area contributed by atoms with Crippen LogP contribution in [-0.4, -0.2) is 55.6 Å². The molecule has 1 aliphatic heterocycles. The monoisotopic (exact) mass is 536 g/mol. The number of tetrazole rings is 1. The van der Waals surface area contributed by atoms with Crippen molar-refractivity contribution in [3.63, 3.8) is 0 Å². The molecule has 7 rings (SSSR count). The van der Waals surface area contributed by atoms with Crippen molar-refractivity contribution < 1.29 is 0 Å². The molecule has 0 aromatic carbocycles. The largest absolute Gasteiger partial charge is 0.344 e. The maximum Gasteiger partial charge on any atom is 0.231 e. The van der Waals surface area contributed by atoms with E-state index in [2.05, 4.69) is 35.0 Å². The van der Waals surface area contributed by atoms with Gasteiger partial charge in [-0.25, -0.2) is 19.9 Å². The Morgan fingerprint density at radius 3 is 2.47 bits per heavy atom. The fourth-order valence-electron chi connectivity index (χ4n) is 4.50. The van der Waals surface area contributed by atoms with Gasteiger partial charge in [0.05, 0.1) is 16.3 Å². The zero-order chi connectivity index (χ0) is 25.4. The number of aliphatic imine (C=N–C) groups is 1. The molecule has 12 nitrogen and oxygen atoms in total. The summed E-state index contributed by atoms with van der Waals surface area (Å²) in [4.78, 5) is 30.1. The second-order valence-electron chi connectivity index (χ2n) is 8.00. The van der Waals surface area contributed by atoms with E-state index in [1.807, 2.05) is 52.1 Å². The number of anilines is 1. The summed E-state index contributed by atoms with van der Waals surface area (Å²) < 4.78 is 4.65. The van der Waals surface area contributed by atoms with Crippen LogP contribution in [0.3, 0.4) is 0 Å². The molecule has 7 heterocycles. The molecule has 6 aromatic heterocycles. The third kappa shape index (κ3) is 3.38. The van der Waals surface area contributed by atoms with Crippen LogP contribution in [-0.2, 0) is 5.54 Å². The summed E-state index contributed by atoms with van der Waals surface area (Å²) in [6.45, 7) is 0. The number of hydrogen-bond donors (Lipinski definition) is 2. The van der Waals surface area contributed by atoms with Gasteiger partial charge in [0.25, 0.3) is 0 Å². The lowest BCUT2D eigenvalue weighted by molar-refractivity contribution is 0.608. The highest BCUT2D eigenvalue weighted by molar-refractivity contribution is 7.11. The van der Waals surface area contributed by atoms with Crippen LogP contribution >= 0.6 is 22.9 Å². The molecule has 38 heavy (non-hydrogen) atoms. The Labute approximate surface area is 223 Å². The van der Waals surface area contributed by atoms with Gasteiger partial charge in [0, 0.05) is 36.4 Å². The normalized spacial score (nSPS) is 17.6. The van der Waals surface area contributed by atoms with Gasteiger partial charge in [-0.1, -0.05) is 17.3 Å². The van der Waals surface area contributed by atoms with Crippen molar-refractivity contribution in [1.29, 1.82) is 0 Å². The van der Waals surface area contributed by atoms with E-state index in [4.69, 9.17) is 19.9 Å². The van der Waals surface area contributed by atoms with Crippen molar-refractivity contribution in [2.75, 3.05) is 4.90 Å². The second kappa shape index (κ2) is 9.17. The fourth-order valence-corrected chi connectivity index (χ4v) is 5.77. The molecule has 14 heteroatoms. The van der Waals surface area contributed by atoms with Gasteiger partial charge in [0.2, 0.25) is 11.8 Å².